The summed E-state index contributed by atoms with van der Waals surface area (Å²) in [4.78, 5) is 43.4. The van der Waals surface area contributed by atoms with Crippen LogP contribution in [0.4, 0.5) is 0 Å². The van der Waals surface area contributed by atoms with Gasteiger partial charge in [0.15, 0.2) is 5.16 Å². The number of carbonyl (C=O) groups excluding carboxylic acids is 2. The van der Waals surface area contributed by atoms with Gasteiger partial charge in [-0.1, -0.05) is 68.1 Å². The summed E-state index contributed by atoms with van der Waals surface area (Å²) in [5.74, 6) is 1.10. The molecule has 1 aromatic heterocycles. The standard InChI is InChI=1S/C30H38N4O3S/c1-21(2)16-17-31-27(35)20-38-30-33-26-11-7-6-10-25(26)29(37)34(30)19-23-12-14-24(15-13-23)28(36)32-18-22-8-4-3-5-9-22/h3-11,21,23-24H,12-20H2,1-2H3,(H,31,35)(H,32,36). The minimum Gasteiger partial charge on any atom is -0.355 e. The van der Waals surface area contributed by atoms with Crippen LogP contribution in [0.1, 0.15) is 51.5 Å². The first-order valence-corrected chi connectivity index (χ1v) is 14.6. The van der Waals surface area contributed by atoms with Crippen molar-refractivity contribution in [2.75, 3.05) is 12.3 Å². The molecule has 1 aliphatic rings. The molecular weight excluding hydrogens is 496 g/mol. The van der Waals surface area contributed by atoms with Crippen LogP contribution in [0.15, 0.2) is 64.5 Å². The molecule has 1 aliphatic carbocycles. The predicted octanol–water partition coefficient (Wildman–Crippen LogP) is 4.77. The monoisotopic (exact) mass is 534 g/mol. The van der Waals surface area contributed by atoms with Crippen LogP contribution in [-0.2, 0) is 22.7 Å². The molecule has 202 valence electrons. The zero-order valence-corrected chi connectivity index (χ0v) is 23.1. The van der Waals surface area contributed by atoms with Crippen LogP contribution in [0.3, 0.4) is 0 Å². The van der Waals surface area contributed by atoms with E-state index >= 15 is 0 Å². The molecule has 7 nitrogen and oxygen atoms in total. The first-order valence-electron chi connectivity index (χ1n) is 13.6. The lowest BCUT2D eigenvalue weighted by Gasteiger charge is -2.28. The molecule has 2 aromatic carbocycles. The van der Waals surface area contributed by atoms with Gasteiger partial charge in [-0.05, 0) is 61.6 Å². The van der Waals surface area contributed by atoms with Gasteiger partial charge in [0.05, 0.1) is 16.7 Å². The summed E-state index contributed by atoms with van der Waals surface area (Å²) in [7, 11) is 0. The maximum absolute atomic E-state index is 13.5. The summed E-state index contributed by atoms with van der Waals surface area (Å²) in [6.07, 6.45) is 4.30. The van der Waals surface area contributed by atoms with Crippen molar-refractivity contribution in [3.8, 4) is 0 Å². The Balaban J connectivity index is 1.38. The average Bonchev–Trinajstić information content (AvgIpc) is 2.93. The van der Waals surface area contributed by atoms with Crippen molar-refractivity contribution in [2.45, 2.75) is 64.2 Å². The Morgan fingerprint density at radius 2 is 1.71 bits per heavy atom. The number of fused-ring (bicyclic) bond motifs is 1. The summed E-state index contributed by atoms with van der Waals surface area (Å²) in [5, 5.41) is 7.20. The molecule has 38 heavy (non-hydrogen) atoms. The second-order valence-corrected chi connectivity index (χ2v) is 11.5. The molecule has 0 bridgehead atoms. The van der Waals surface area contributed by atoms with Gasteiger partial charge in [-0.25, -0.2) is 4.98 Å². The largest absolute Gasteiger partial charge is 0.355 e. The molecule has 1 fully saturated rings. The topological polar surface area (TPSA) is 93.1 Å². The number of thioether (sulfide) groups is 1. The number of nitrogens with zero attached hydrogens (tertiary/aromatic N) is 2. The van der Waals surface area contributed by atoms with Crippen LogP contribution >= 0.6 is 11.8 Å². The van der Waals surface area contributed by atoms with Gasteiger partial charge >= 0.3 is 0 Å². The van der Waals surface area contributed by atoms with E-state index in [9.17, 15) is 14.4 Å². The van der Waals surface area contributed by atoms with Gasteiger partial charge in [-0.3, -0.25) is 19.0 Å². The number of hydrogen-bond donors (Lipinski definition) is 2. The number of para-hydroxylation sites is 1. The van der Waals surface area contributed by atoms with Crippen molar-refractivity contribution >= 4 is 34.5 Å². The van der Waals surface area contributed by atoms with Crippen molar-refractivity contribution in [3.05, 3.63) is 70.5 Å². The highest BCUT2D eigenvalue weighted by atomic mass is 32.2. The highest BCUT2D eigenvalue weighted by Crippen LogP contribution is 2.31. The van der Waals surface area contributed by atoms with Gasteiger partial charge in [-0.2, -0.15) is 0 Å². The van der Waals surface area contributed by atoms with Crippen LogP contribution in [-0.4, -0.2) is 33.7 Å². The van der Waals surface area contributed by atoms with E-state index in [1.807, 2.05) is 54.6 Å². The maximum atomic E-state index is 13.5. The normalized spacial score (nSPS) is 17.4. The van der Waals surface area contributed by atoms with Crippen LogP contribution in [0.5, 0.6) is 0 Å². The molecule has 2 amide bonds. The molecule has 1 saturated carbocycles. The van der Waals surface area contributed by atoms with Crippen molar-refractivity contribution in [1.82, 2.24) is 20.2 Å². The van der Waals surface area contributed by atoms with Crippen LogP contribution in [0.25, 0.3) is 10.9 Å². The Morgan fingerprint density at radius 3 is 2.45 bits per heavy atom. The van der Waals surface area contributed by atoms with Gasteiger partial charge < -0.3 is 10.6 Å². The van der Waals surface area contributed by atoms with Gasteiger partial charge in [0, 0.05) is 25.6 Å². The van der Waals surface area contributed by atoms with Gasteiger partial charge in [-0.15, -0.1) is 0 Å². The Labute approximate surface area is 228 Å². The average molecular weight is 535 g/mol. The molecule has 0 saturated heterocycles. The fourth-order valence-electron chi connectivity index (χ4n) is 4.90. The highest BCUT2D eigenvalue weighted by Gasteiger charge is 2.27. The number of benzene rings is 2. The third-order valence-electron chi connectivity index (χ3n) is 7.17. The van der Waals surface area contributed by atoms with E-state index in [0.717, 1.165) is 37.7 Å². The number of hydrogen-bond acceptors (Lipinski definition) is 5. The molecule has 0 aliphatic heterocycles. The van der Waals surface area contributed by atoms with Crippen molar-refractivity contribution < 1.29 is 9.59 Å². The molecule has 0 spiro atoms. The van der Waals surface area contributed by atoms with Gasteiger partial charge in [0.25, 0.3) is 5.56 Å². The minimum atomic E-state index is -0.0685. The molecule has 0 radical (unpaired) electrons. The van der Waals surface area contributed by atoms with E-state index in [1.165, 1.54) is 11.8 Å². The number of amides is 2. The lowest BCUT2D eigenvalue weighted by Crippen LogP contribution is -2.34. The summed E-state index contributed by atoms with van der Waals surface area (Å²) >= 11 is 1.32. The summed E-state index contributed by atoms with van der Waals surface area (Å²) < 4.78 is 1.74. The number of aromatic nitrogens is 2. The molecule has 2 N–H and O–H groups in total. The minimum absolute atomic E-state index is 0.00444. The number of nitrogens with one attached hydrogen (secondary N) is 2. The van der Waals surface area contributed by atoms with E-state index in [2.05, 4.69) is 24.5 Å². The Morgan fingerprint density at radius 1 is 1.00 bits per heavy atom. The SMILES string of the molecule is CC(C)CCNC(=O)CSc1nc2ccccc2c(=O)n1CC1CCC(C(=O)NCc2ccccc2)CC1. The van der Waals surface area contributed by atoms with E-state index in [0.29, 0.717) is 41.6 Å². The predicted molar refractivity (Wildman–Crippen MR) is 153 cm³/mol. The Hall–Kier alpha value is -3.13. The first kappa shape index (κ1) is 27.9. The third-order valence-corrected chi connectivity index (χ3v) is 8.15. The lowest BCUT2D eigenvalue weighted by molar-refractivity contribution is -0.126. The van der Waals surface area contributed by atoms with Crippen molar-refractivity contribution in [1.29, 1.82) is 0 Å². The zero-order chi connectivity index (χ0) is 26.9. The van der Waals surface area contributed by atoms with E-state index in [1.54, 1.807) is 4.57 Å². The number of carbonyl (C=O) groups is 2. The molecular formula is C30H38N4O3S. The molecule has 4 rings (SSSR count). The van der Waals surface area contributed by atoms with E-state index in [-0.39, 0.29) is 35.0 Å². The zero-order valence-electron chi connectivity index (χ0n) is 22.3. The molecule has 8 heteroatoms. The summed E-state index contributed by atoms with van der Waals surface area (Å²) in [5.41, 5.74) is 1.67. The van der Waals surface area contributed by atoms with E-state index < -0.39 is 0 Å². The number of rotatable bonds is 11. The fraction of sp³-hybridized carbons (Fsp3) is 0.467. The molecule has 3 aromatic rings. The van der Waals surface area contributed by atoms with Gasteiger partial charge in [0.2, 0.25) is 11.8 Å². The van der Waals surface area contributed by atoms with Crippen molar-refractivity contribution in [3.63, 3.8) is 0 Å². The van der Waals surface area contributed by atoms with Crippen LogP contribution < -0.4 is 16.2 Å². The highest BCUT2D eigenvalue weighted by molar-refractivity contribution is 7.99. The maximum Gasteiger partial charge on any atom is 0.262 e. The summed E-state index contributed by atoms with van der Waals surface area (Å²) in [6, 6.07) is 17.3. The second kappa shape index (κ2) is 13.6. The van der Waals surface area contributed by atoms with E-state index in [4.69, 9.17) is 4.98 Å². The smallest absolute Gasteiger partial charge is 0.262 e. The lowest BCUT2D eigenvalue weighted by atomic mass is 9.81. The summed E-state index contributed by atoms with van der Waals surface area (Å²) in [6.45, 7) is 6.00. The Kier molecular flexibility index (Phi) is 9.98. The fourth-order valence-corrected chi connectivity index (χ4v) is 5.73. The van der Waals surface area contributed by atoms with Gasteiger partial charge in [0.1, 0.15) is 0 Å². The van der Waals surface area contributed by atoms with Crippen molar-refractivity contribution in [2.24, 2.45) is 17.8 Å². The molecule has 0 unspecified atom stereocenters. The molecule has 0 atom stereocenters. The van der Waals surface area contributed by atoms with Crippen LogP contribution in [0.2, 0.25) is 0 Å². The molecule has 1 heterocycles. The second-order valence-electron chi connectivity index (χ2n) is 10.6. The third kappa shape index (κ3) is 7.69. The first-order chi connectivity index (χ1) is 18.4. The Bertz CT molecular complexity index is 1280. The quantitative estimate of drug-likeness (QED) is 0.273. The van der Waals surface area contributed by atoms with Crippen LogP contribution in [0, 0.1) is 17.8 Å².